The molecule has 3 heteroatoms. The normalized spacial score (nSPS) is 27.7. The SMILES string of the molecule is COc1cccc(CN2CCN(C3CCCCC3C)CC2)c1. The van der Waals surface area contributed by atoms with Crippen molar-refractivity contribution in [1.82, 2.24) is 9.80 Å². The molecule has 2 aliphatic rings. The zero-order chi connectivity index (χ0) is 15.4. The Morgan fingerprint density at radius 3 is 2.59 bits per heavy atom. The second kappa shape index (κ2) is 7.47. The molecule has 0 bridgehead atoms. The van der Waals surface area contributed by atoms with E-state index in [1.165, 1.54) is 57.4 Å². The smallest absolute Gasteiger partial charge is 0.119 e. The van der Waals surface area contributed by atoms with E-state index in [9.17, 15) is 0 Å². The van der Waals surface area contributed by atoms with Gasteiger partial charge in [0.05, 0.1) is 7.11 Å². The molecule has 1 aliphatic carbocycles. The Kier molecular flexibility index (Phi) is 5.37. The lowest BCUT2D eigenvalue weighted by atomic mass is 9.84. The lowest BCUT2D eigenvalue weighted by Crippen LogP contribution is -2.52. The van der Waals surface area contributed by atoms with E-state index in [0.717, 1.165) is 24.3 Å². The summed E-state index contributed by atoms with van der Waals surface area (Å²) in [5, 5.41) is 0. The second-order valence-corrected chi connectivity index (χ2v) is 6.99. The maximum Gasteiger partial charge on any atom is 0.119 e. The summed E-state index contributed by atoms with van der Waals surface area (Å²) in [5.74, 6) is 1.85. The third-order valence-electron chi connectivity index (χ3n) is 5.48. The first kappa shape index (κ1) is 15.8. The summed E-state index contributed by atoms with van der Waals surface area (Å²) in [6.45, 7) is 8.36. The average molecular weight is 302 g/mol. The van der Waals surface area contributed by atoms with Gasteiger partial charge in [-0.25, -0.2) is 0 Å². The zero-order valence-electron chi connectivity index (χ0n) is 14.1. The van der Waals surface area contributed by atoms with Crippen molar-refractivity contribution in [1.29, 1.82) is 0 Å². The molecule has 3 nitrogen and oxygen atoms in total. The summed E-state index contributed by atoms with van der Waals surface area (Å²) in [6.07, 6.45) is 5.71. The Bertz CT molecular complexity index is 468. The number of hydrogen-bond acceptors (Lipinski definition) is 3. The van der Waals surface area contributed by atoms with Crippen molar-refractivity contribution in [3.63, 3.8) is 0 Å². The van der Waals surface area contributed by atoms with Gasteiger partial charge < -0.3 is 4.74 Å². The van der Waals surface area contributed by atoms with Gasteiger partial charge in [-0.05, 0) is 36.5 Å². The first-order valence-corrected chi connectivity index (χ1v) is 8.85. The summed E-state index contributed by atoms with van der Waals surface area (Å²) in [7, 11) is 1.74. The standard InChI is InChI=1S/C19H30N2O/c1-16-6-3-4-9-19(16)21-12-10-20(11-13-21)15-17-7-5-8-18(14-17)22-2/h5,7-8,14,16,19H,3-4,6,9-13,15H2,1-2H3. The van der Waals surface area contributed by atoms with E-state index in [1.54, 1.807) is 7.11 Å². The molecule has 22 heavy (non-hydrogen) atoms. The molecule has 0 amide bonds. The number of benzene rings is 1. The fraction of sp³-hybridized carbons (Fsp3) is 0.684. The number of ether oxygens (including phenoxy) is 1. The highest BCUT2D eigenvalue weighted by Gasteiger charge is 2.29. The van der Waals surface area contributed by atoms with Gasteiger partial charge in [0.15, 0.2) is 0 Å². The maximum absolute atomic E-state index is 5.33. The van der Waals surface area contributed by atoms with Crippen LogP contribution >= 0.6 is 0 Å². The average Bonchev–Trinajstić information content (AvgIpc) is 2.56. The molecular formula is C19H30N2O. The molecule has 3 rings (SSSR count). The largest absolute Gasteiger partial charge is 0.497 e. The monoisotopic (exact) mass is 302 g/mol. The first-order valence-electron chi connectivity index (χ1n) is 8.85. The summed E-state index contributed by atoms with van der Waals surface area (Å²) >= 11 is 0. The molecule has 2 unspecified atom stereocenters. The first-order chi connectivity index (χ1) is 10.8. The van der Waals surface area contributed by atoms with Crippen LogP contribution in [0.15, 0.2) is 24.3 Å². The highest BCUT2D eigenvalue weighted by Crippen LogP contribution is 2.28. The molecule has 0 spiro atoms. The van der Waals surface area contributed by atoms with Gasteiger partial charge in [0.25, 0.3) is 0 Å². The van der Waals surface area contributed by atoms with Crippen molar-refractivity contribution < 1.29 is 4.74 Å². The van der Waals surface area contributed by atoms with E-state index in [2.05, 4.69) is 34.9 Å². The fourth-order valence-electron chi connectivity index (χ4n) is 4.12. The van der Waals surface area contributed by atoms with E-state index >= 15 is 0 Å². The van der Waals surface area contributed by atoms with Gasteiger partial charge in [0, 0.05) is 38.8 Å². The van der Waals surface area contributed by atoms with Gasteiger partial charge in [-0.15, -0.1) is 0 Å². The van der Waals surface area contributed by atoms with Gasteiger partial charge in [-0.3, -0.25) is 9.80 Å². The van der Waals surface area contributed by atoms with Gasteiger partial charge >= 0.3 is 0 Å². The number of nitrogens with zero attached hydrogens (tertiary/aromatic N) is 2. The highest BCUT2D eigenvalue weighted by molar-refractivity contribution is 5.28. The topological polar surface area (TPSA) is 15.7 Å². The lowest BCUT2D eigenvalue weighted by Gasteiger charge is -2.43. The molecule has 2 atom stereocenters. The minimum absolute atomic E-state index is 0.840. The molecule has 122 valence electrons. The van der Waals surface area contributed by atoms with Crippen LogP contribution in [0.2, 0.25) is 0 Å². The molecule has 1 heterocycles. The van der Waals surface area contributed by atoms with Crippen LogP contribution in [0.3, 0.4) is 0 Å². The highest BCUT2D eigenvalue weighted by atomic mass is 16.5. The quantitative estimate of drug-likeness (QED) is 0.848. The van der Waals surface area contributed by atoms with E-state index < -0.39 is 0 Å². The van der Waals surface area contributed by atoms with E-state index in [0.29, 0.717) is 0 Å². The molecule has 1 aromatic carbocycles. The Hall–Kier alpha value is -1.06. The van der Waals surface area contributed by atoms with Crippen LogP contribution in [0.1, 0.15) is 38.2 Å². The minimum atomic E-state index is 0.840. The fourth-order valence-corrected chi connectivity index (χ4v) is 4.12. The van der Waals surface area contributed by atoms with Gasteiger partial charge in [-0.1, -0.05) is 31.9 Å². The van der Waals surface area contributed by atoms with Crippen LogP contribution in [0.5, 0.6) is 5.75 Å². The van der Waals surface area contributed by atoms with Crippen molar-refractivity contribution in [2.45, 2.75) is 45.2 Å². The van der Waals surface area contributed by atoms with Gasteiger partial charge in [0.2, 0.25) is 0 Å². The molecule has 1 aliphatic heterocycles. The minimum Gasteiger partial charge on any atom is -0.497 e. The molecule has 0 N–H and O–H groups in total. The number of rotatable bonds is 4. The Balaban J connectivity index is 1.51. The molecule has 0 aromatic heterocycles. The van der Waals surface area contributed by atoms with Crippen molar-refractivity contribution in [3.8, 4) is 5.75 Å². The van der Waals surface area contributed by atoms with Crippen molar-refractivity contribution >= 4 is 0 Å². The van der Waals surface area contributed by atoms with Crippen LogP contribution < -0.4 is 4.74 Å². The van der Waals surface area contributed by atoms with Crippen LogP contribution in [0.25, 0.3) is 0 Å². The van der Waals surface area contributed by atoms with E-state index in [1.807, 2.05) is 6.07 Å². The molecule has 1 aromatic rings. The Morgan fingerprint density at radius 1 is 1.09 bits per heavy atom. The van der Waals surface area contributed by atoms with Crippen molar-refractivity contribution in [2.75, 3.05) is 33.3 Å². The van der Waals surface area contributed by atoms with Crippen molar-refractivity contribution in [2.24, 2.45) is 5.92 Å². The lowest BCUT2D eigenvalue weighted by molar-refractivity contribution is 0.0518. The summed E-state index contributed by atoms with van der Waals surface area (Å²) in [5.41, 5.74) is 1.36. The van der Waals surface area contributed by atoms with Gasteiger partial charge in [0.1, 0.15) is 5.75 Å². The molecule has 0 radical (unpaired) electrons. The predicted molar refractivity (Wildman–Crippen MR) is 91.3 cm³/mol. The maximum atomic E-state index is 5.33. The summed E-state index contributed by atoms with van der Waals surface area (Å²) in [4.78, 5) is 5.34. The Labute approximate surface area is 135 Å². The van der Waals surface area contributed by atoms with E-state index in [4.69, 9.17) is 4.74 Å². The van der Waals surface area contributed by atoms with Crippen LogP contribution in [0, 0.1) is 5.92 Å². The molecular weight excluding hydrogens is 272 g/mol. The van der Waals surface area contributed by atoms with Crippen LogP contribution in [-0.2, 0) is 6.54 Å². The molecule has 1 saturated carbocycles. The Morgan fingerprint density at radius 2 is 1.86 bits per heavy atom. The van der Waals surface area contributed by atoms with Crippen LogP contribution in [-0.4, -0.2) is 49.1 Å². The third kappa shape index (κ3) is 3.82. The van der Waals surface area contributed by atoms with Crippen LogP contribution in [0.4, 0.5) is 0 Å². The van der Waals surface area contributed by atoms with E-state index in [-0.39, 0.29) is 0 Å². The van der Waals surface area contributed by atoms with Gasteiger partial charge in [-0.2, -0.15) is 0 Å². The number of methoxy groups -OCH3 is 1. The number of hydrogen-bond donors (Lipinski definition) is 0. The summed E-state index contributed by atoms with van der Waals surface area (Å²) < 4.78 is 5.33. The zero-order valence-corrected chi connectivity index (χ0v) is 14.1. The third-order valence-corrected chi connectivity index (χ3v) is 5.48. The summed E-state index contributed by atoms with van der Waals surface area (Å²) in [6, 6.07) is 9.32. The second-order valence-electron chi connectivity index (χ2n) is 6.99. The number of piperazine rings is 1. The predicted octanol–water partition coefficient (Wildman–Crippen LogP) is 3.39. The van der Waals surface area contributed by atoms with Crippen molar-refractivity contribution in [3.05, 3.63) is 29.8 Å². The molecule has 1 saturated heterocycles. The molecule has 2 fully saturated rings.